The van der Waals surface area contributed by atoms with Crippen LogP contribution in [0.3, 0.4) is 0 Å². The number of rotatable bonds is 5. The van der Waals surface area contributed by atoms with Crippen molar-refractivity contribution in [3.8, 4) is 0 Å². The normalized spacial score (nSPS) is 17.2. The van der Waals surface area contributed by atoms with Crippen molar-refractivity contribution in [2.24, 2.45) is 0 Å². The van der Waals surface area contributed by atoms with Gasteiger partial charge in [0.25, 0.3) is 0 Å². The predicted molar refractivity (Wildman–Crippen MR) is 71.0 cm³/mol. The molecule has 0 atom stereocenters. The van der Waals surface area contributed by atoms with E-state index >= 15 is 0 Å². The van der Waals surface area contributed by atoms with Gasteiger partial charge >= 0.3 is 0 Å². The van der Waals surface area contributed by atoms with Gasteiger partial charge in [-0.15, -0.1) is 10.2 Å². The first-order chi connectivity index (χ1) is 7.75. The fraction of sp³-hybridized carbons (Fsp3) is 0.800. The number of halogens is 1. The van der Waals surface area contributed by atoms with Crippen molar-refractivity contribution in [1.29, 1.82) is 0 Å². The fourth-order valence-electron chi connectivity index (χ4n) is 2.14. The van der Waals surface area contributed by atoms with Crippen LogP contribution in [0, 0.1) is 0 Å². The summed E-state index contributed by atoms with van der Waals surface area (Å²) < 4.78 is 0.833. The van der Waals surface area contributed by atoms with Crippen LogP contribution in [0.15, 0.2) is 3.92 Å². The van der Waals surface area contributed by atoms with Gasteiger partial charge in [0.2, 0.25) is 5.13 Å². The fourth-order valence-corrected chi connectivity index (χ4v) is 3.18. The Labute approximate surface area is 109 Å². The first kappa shape index (κ1) is 12.3. The molecular formula is C10H17BrN4S. The molecule has 1 heterocycles. The molecule has 1 saturated carbocycles. The molecule has 0 unspecified atom stereocenters. The number of anilines is 1. The first-order valence-electron chi connectivity index (χ1n) is 5.69. The van der Waals surface area contributed by atoms with Gasteiger partial charge in [-0.05, 0) is 35.8 Å². The smallest absolute Gasteiger partial charge is 0.206 e. The molecule has 1 aliphatic carbocycles. The second-order valence-corrected chi connectivity index (χ2v) is 6.46. The maximum Gasteiger partial charge on any atom is 0.206 e. The lowest BCUT2D eigenvalue weighted by atomic mass is 10.2. The van der Waals surface area contributed by atoms with Gasteiger partial charge in [0.1, 0.15) is 0 Å². The summed E-state index contributed by atoms with van der Waals surface area (Å²) in [5.41, 5.74) is 0. The quantitative estimate of drug-likeness (QED) is 0.908. The monoisotopic (exact) mass is 304 g/mol. The summed E-state index contributed by atoms with van der Waals surface area (Å²) in [7, 11) is 2.22. The third-order valence-corrected chi connectivity index (χ3v) is 4.40. The summed E-state index contributed by atoms with van der Waals surface area (Å²) in [6, 6.07) is 0.794. The molecule has 1 aromatic rings. The van der Waals surface area contributed by atoms with E-state index in [9.17, 15) is 0 Å². The van der Waals surface area contributed by atoms with Crippen LogP contribution in [0.4, 0.5) is 5.13 Å². The van der Waals surface area contributed by atoms with Crippen molar-refractivity contribution in [1.82, 2.24) is 15.1 Å². The molecule has 2 rings (SSSR count). The van der Waals surface area contributed by atoms with E-state index in [-0.39, 0.29) is 0 Å². The Bertz CT molecular complexity index is 324. The summed E-state index contributed by atoms with van der Waals surface area (Å²) in [5, 5.41) is 12.1. The molecular weight excluding hydrogens is 288 g/mol. The summed E-state index contributed by atoms with van der Waals surface area (Å²) in [4.78, 5) is 2.45. The molecule has 6 heteroatoms. The lowest BCUT2D eigenvalue weighted by Crippen LogP contribution is -2.33. The third kappa shape index (κ3) is 3.40. The first-order valence-corrected chi connectivity index (χ1v) is 7.30. The van der Waals surface area contributed by atoms with Gasteiger partial charge in [0.15, 0.2) is 3.92 Å². The minimum absolute atomic E-state index is 0.794. The Morgan fingerprint density at radius 3 is 2.81 bits per heavy atom. The number of hydrogen-bond donors (Lipinski definition) is 1. The number of aromatic nitrogens is 2. The van der Waals surface area contributed by atoms with Crippen LogP contribution in [0.1, 0.15) is 25.7 Å². The van der Waals surface area contributed by atoms with Gasteiger partial charge in [0, 0.05) is 19.1 Å². The van der Waals surface area contributed by atoms with Crippen molar-refractivity contribution in [3.63, 3.8) is 0 Å². The Balaban J connectivity index is 1.67. The second-order valence-electron chi connectivity index (χ2n) is 4.21. The Morgan fingerprint density at radius 2 is 2.19 bits per heavy atom. The lowest BCUT2D eigenvalue weighted by Gasteiger charge is -2.23. The summed E-state index contributed by atoms with van der Waals surface area (Å²) in [6.45, 7) is 2.01. The molecule has 1 aromatic heterocycles. The predicted octanol–water partition coefficient (Wildman–Crippen LogP) is 2.59. The van der Waals surface area contributed by atoms with E-state index in [4.69, 9.17) is 0 Å². The van der Waals surface area contributed by atoms with Crippen molar-refractivity contribution in [2.45, 2.75) is 31.7 Å². The Hall–Kier alpha value is -0.200. The molecule has 0 aromatic carbocycles. The highest BCUT2D eigenvalue weighted by atomic mass is 79.9. The minimum atomic E-state index is 0.794. The molecule has 0 amide bonds. The number of hydrogen-bond acceptors (Lipinski definition) is 5. The third-order valence-electron chi connectivity index (χ3n) is 3.09. The number of likely N-dealkylation sites (N-methyl/N-ethyl adjacent to an activating group) is 1. The maximum absolute atomic E-state index is 4.00. The molecule has 1 N–H and O–H groups in total. The molecule has 1 fully saturated rings. The molecule has 1 aliphatic rings. The van der Waals surface area contributed by atoms with Gasteiger partial charge in [-0.25, -0.2) is 0 Å². The standard InChI is InChI=1S/C10H17BrN4S/c1-15(8-4-2-3-5-8)7-6-12-10-14-13-9(11)16-10/h8H,2-7H2,1H3,(H,12,14). The van der Waals surface area contributed by atoms with Crippen LogP contribution in [0.2, 0.25) is 0 Å². The Kier molecular flexibility index (Phi) is 4.55. The average Bonchev–Trinajstić information content (AvgIpc) is 2.89. The molecule has 0 spiro atoms. The Morgan fingerprint density at radius 1 is 1.44 bits per heavy atom. The molecule has 0 saturated heterocycles. The zero-order valence-electron chi connectivity index (χ0n) is 9.45. The van der Waals surface area contributed by atoms with Crippen LogP contribution in [-0.4, -0.2) is 41.3 Å². The highest BCUT2D eigenvalue weighted by Crippen LogP contribution is 2.22. The average molecular weight is 305 g/mol. The van der Waals surface area contributed by atoms with Crippen molar-refractivity contribution < 1.29 is 0 Å². The minimum Gasteiger partial charge on any atom is -0.359 e. The zero-order valence-corrected chi connectivity index (χ0v) is 11.9. The van der Waals surface area contributed by atoms with E-state index in [0.717, 1.165) is 28.2 Å². The maximum atomic E-state index is 4.00. The van der Waals surface area contributed by atoms with E-state index in [1.807, 2.05) is 0 Å². The van der Waals surface area contributed by atoms with Crippen LogP contribution in [0.25, 0.3) is 0 Å². The summed E-state index contributed by atoms with van der Waals surface area (Å²) >= 11 is 4.84. The van der Waals surface area contributed by atoms with Crippen molar-refractivity contribution >= 4 is 32.4 Å². The van der Waals surface area contributed by atoms with Crippen molar-refractivity contribution in [3.05, 3.63) is 3.92 Å². The van der Waals surface area contributed by atoms with E-state index in [1.54, 1.807) is 0 Å². The van der Waals surface area contributed by atoms with Gasteiger partial charge in [-0.3, -0.25) is 0 Å². The summed E-state index contributed by atoms with van der Waals surface area (Å²) in [5.74, 6) is 0. The van der Waals surface area contributed by atoms with Gasteiger partial charge in [-0.1, -0.05) is 24.2 Å². The molecule has 0 bridgehead atoms. The number of nitrogens with one attached hydrogen (secondary N) is 1. The van der Waals surface area contributed by atoms with Gasteiger partial charge in [-0.2, -0.15) is 0 Å². The van der Waals surface area contributed by atoms with Crippen LogP contribution < -0.4 is 5.32 Å². The van der Waals surface area contributed by atoms with E-state index in [2.05, 4.69) is 43.4 Å². The second kappa shape index (κ2) is 5.93. The largest absolute Gasteiger partial charge is 0.359 e. The van der Waals surface area contributed by atoms with E-state index in [0.29, 0.717) is 0 Å². The lowest BCUT2D eigenvalue weighted by molar-refractivity contribution is 0.254. The van der Waals surface area contributed by atoms with E-state index < -0.39 is 0 Å². The SMILES string of the molecule is CN(CCNc1nnc(Br)s1)C1CCCC1. The van der Waals surface area contributed by atoms with Gasteiger partial charge < -0.3 is 10.2 Å². The van der Waals surface area contributed by atoms with E-state index in [1.165, 1.54) is 37.0 Å². The topological polar surface area (TPSA) is 41.0 Å². The molecule has 0 radical (unpaired) electrons. The number of nitrogens with zero attached hydrogens (tertiary/aromatic N) is 3. The zero-order chi connectivity index (χ0) is 11.4. The van der Waals surface area contributed by atoms with Crippen LogP contribution in [0.5, 0.6) is 0 Å². The molecule has 4 nitrogen and oxygen atoms in total. The molecule has 90 valence electrons. The van der Waals surface area contributed by atoms with Crippen LogP contribution in [-0.2, 0) is 0 Å². The van der Waals surface area contributed by atoms with Crippen molar-refractivity contribution in [2.75, 3.05) is 25.5 Å². The van der Waals surface area contributed by atoms with Crippen LogP contribution >= 0.6 is 27.3 Å². The van der Waals surface area contributed by atoms with Gasteiger partial charge in [0.05, 0.1) is 0 Å². The highest BCUT2D eigenvalue weighted by Gasteiger charge is 2.18. The summed E-state index contributed by atoms with van der Waals surface area (Å²) in [6.07, 6.45) is 5.51. The molecule has 16 heavy (non-hydrogen) atoms. The highest BCUT2D eigenvalue weighted by molar-refractivity contribution is 9.11. The molecule has 0 aliphatic heterocycles.